The van der Waals surface area contributed by atoms with E-state index in [2.05, 4.69) is 4.89 Å². The van der Waals surface area contributed by atoms with Crippen LogP contribution in [0, 0.1) is 0 Å². The van der Waals surface area contributed by atoms with Gasteiger partial charge in [0.25, 0.3) is 0 Å². The minimum atomic E-state index is -0.499. The number of ether oxygens (including phenoxy) is 1. The van der Waals surface area contributed by atoms with Crippen LogP contribution in [0.1, 0.15) is 27.2 Å². The van der Waals surface area contributed by atoms with E-state index >= 15 is 0 Å². The zero-order chi connectivity index (χ0) is 8.85. The first-order valence-electron chi connectivity index (χ1n) is 3.56. The molecule has 0 aromatic rings. The summed E-state index contributed by atoms with van der Waals surface area (Å²) in [6.45, 7) is 5.12. The van der Waals surface area contributed by atoms with E-state index in [4.69, 9.17) is 9.99 Å². The molecule has 0 aliphatic carbocycles. The van der Waals surface area contributed by atoms with Crippen molar-refractivity contribution in [3.05, 3.63) is 0 Å². The highest BCUT2D eigenvalue weighted by Crippen LogP contribution is 1.99. The smallest absolute Gasteiger partial charge is 0.308 e. The lowest BCUT2D eigenvalue weighted by molar-refractivity contribution is -0.275. The zero-order valence-corrected chi connectivity index (χ0v) is 7.03. The van der Waals surface area contributed by atoms with Gasteiger partial charge in [-0.2, -0.15) is 0 Å². The molecule has 0 aliphatic heterocycles. The van der Waals surface area contributed by atoms with Crippen LogP contribution in [0.5, 0.6) is 0 Å². The van der Waals surface area contributed by atoms with Crippen LogP contribution >= 0.6 is 0 Å². The number of rotatable bonds is 4. The van der Waals surface area contributed by atoms with Gasteiger partial charge in [0.15, 0.2) is 0 Å². The summed E-state index contributed by atoms with van der Waals surface area (Å²) in [5.41, 5.74) is 0. The van der Waals surface area contributed by atoms with Gasteiger partial charge in [-0.15, -0.1) is 0 Å². The molecule has 1 atom stereocenters. The van der Waals surface area contributed by atoms with Gasteiger partial charge in [0.1, 0.15) is 6.10 Å². The van der Waals surface area contributed by atoms with Gasteiger partial charge < -0.3 is 4.74 Å². The van der Waals surface area contributed by atoms with Gasteiger partial charge >= 0.3 is 5.97 Å². The molecule has 1 unspecified atom stereocenters. The van der Waals surface area contributed by atoms with Crippen molar-refractivity contribution in [2.45, 2.75) is 39.4 Å². The molecule has 0 saturated carbocycles. The first-order valence-corrected chi connectivity index (χ1v) is 3.56. The van der Waals surface area contributed by atoms with E-state index in [9.17, 15) is 4.79 Å². The van der Waals surface area contributed by atoms with Crippen LogP contribution < -0.4 is 0 Å². The van der Waals surface area contributed by atoms with Crippen molar-refractivity contribution in [1.82, 2.24) is 0 Å². The monoisotopic (exact) mass is 162 g/mol. The van der Waals surface area contributed by atoms with Crippen LogP contribution in [0.15, 0.2) is 0 Å². The molecule has 0 aliphatic rings. The van der Waals surface area contributed by atoms with Crippen LogP contribution in [0.2, 0.25) is 0 Å². The molecule has 66 valence electrons. The zero-order valence-electron chi connectivity index (χ0n) is 7.03. The van der Waals surface area contributed by atoms with Crippen molar-refractivity contribution in [1.29, 1.82) is 0 Å². The van der Waals surface area contributed by atoms with Crippen LogP contribution in [-0.2, 0) is 14.4 Å². The number of carbonyl (C=O) groups is 1. The van der Waals surface area contributed by atoms with Crippen molar-refractivity contribution in [3.8, 4) is 0 Å². The van der Waals surface area contributed by atoms with E-state index < -0.39 is 6.10 Å². The van der Waals surface area contributed by atoms with E-state index in [0.717, 1.165) is 0 Å². The summed E-state index contributed by atoms with van der Waals surface area (Å²) in [6.07, 6.45) is -0.538. The van der Waals surface area contributed by atoms with Crippen molar-refractivity contribution in [3.63, 3.8) is 0 Å². The average Bonchev–Trinajstić information content (AvgIpc) is 1.85. The van der Waals surface area contributed by atoms with E-state index in [1.165, 1.54) is 0 Å². The number of hydrogen-bond donors (Lipinski definition) is 1. The highest BCUT2D eigenvalue weighted by atomic mass is 17.1. The summed E-state index contributed by atoms with van der Waals surface area (Å²) in [6, 6.07) is 0. The van der Waals surface area contributed by atoms with Gasteiger partial charge in [0.05, 0.1) is 12.5 Å². The molecule has 0 saturated heterocycles. The lowest BCUT2D eigenvalue weighted by Gasteiger charge is -2.09. The van der Waals surface area contributed by atoms with Crippen molar-refractivity contribution < 1.29 is 19.7 Å². The van der Waals surface area contributed by atoms with Gasteiger partial charge in [0.2, 0.25) is 0 Å². The Morgan fingerprint density at radius 1 is 1.45 bits per heavy atom. The number of hydrogen-bond acceptors (Lipinski definition) is 4. The molecular weight excluding hydrogens is 148 g/mol. The quantitative estimate of drug-likeness (QED) is 0.383. The molecular formula is C7H14O4. The normalized spacial score (nSPS) is 13.2. The predicted octanol–water partition coefficient (Wildman–Crippen LogP) is 1.21. The van der Waals surface area contributed by atoms with Gasteiger partial charge in [-0.1, -0.05) is 0 Å². The lowest BCUT2D eigenvalue weighted by Crippen LogP contribution is -2.17. The maximum Gasteiger partial charge on any atom is 0.308 e. The SMILES string of the molecule is CC(C)OC(=O)CC(C)OO. The molecule has 0 rings (SSSR count). The second-order valence-electron chi connectivity index (χ2n) is 2.66. The second-order valence-corrected chi connectivity index (χ2v) is 2.66. The topological polar surface area (TPSA) is 55.8 Å². The Labute approximate surface area is 66.0 Å². The highest BCUT2D eigenvalue weighted by Gasteiger charge is 2.11. The Balaban J connectivity index is 3.52. The summed E-state index contributed by atoms with van der Waals surface area (Å²) in [4.78, 5) is 14.7. The molecule has 0 heterocycles. The molecule has 4 heteroatoms. The molecule has 0 aromatic heterocycles. The number of carbonyl (C=O) groups excluding carboxylic acids is 1. The summed E-state index contributed by atoms with van der Waals surface area (Å²) in [5, 5.41) is 8.11. The molecule has 0 radical (unpaired) electrons. The third kappa shape index (κ3) is 5.82. The summed E-state index contributed by atoms with van der Waals surface area (Å²) in [7, 11) is 0. The van der Waals surface area contributed by atoms with Crippen LogP contribution in [0.4, 0.5) is 0 Å². The van der Waals surface area contributed by atoms with E-state index in [1.54, 1.807) is 20.8 Å². The fourth-order valence-electron chi connectivity index (χ4n) is 0.583. The minimum Gasteiger partial charge on any atom is -0.463 e. The molecule has 0 aromatic carbocycles. The molecule has 1 N–H and O–H groups in total. The van der Waals surface area contributed by atoms with E-state index in [1.807, 2.05) is 0 Å². The Kier molecular flexibility index (Phi) is 4.81. The summed E-state index contributed by atoms with van der Waals surface area (Å²) in [5.74, 6) is -0.360. The van der Waals surface area contributed by atoms with Gasteiger partial charge in [-0.05, 0) is 20.8 Å². The Morgan fingerprint density at radius 2 is 2.00 bits per heavy atom. The minimum absolute atomic E-state index is 0.0781. The standard InChI is InChI=1S/C7H14O4/c1-5(2)10-7(8)4-6(3)11-9/h5-6,9H,4H2,1-3H3. The maximum absolute atomic E-state index is 10.8. The molecule has 4 nitrogen and oxygen atoms in total. The molecule has 0 bridgehead atoms. The van der Waals surface area contributed by atoms with Crippen molar-refractivity contribution in [2.24, 2.45) is 0 Å². The first-order chi connectivity index (χ1) is 5.06. The molecule has 11 heavy (non-hydrogen) atoms. The summed E-state index contributed by atoms with van der Waals surface area (Å²) < 4.78 is 4.79. The second kappa shape index (κ2) is 5.09. The molecule has 0 spiro atoms. The molecule has 0 fully saturated rings. The lowest BCUT2D eigenvalue weighted by atomic mass is 10.3. The first kappa shape index (κ1) is 10.4. The Bertz CT molecular complexity index is 122. The fraction of sp³-hybridized carbons (Fsp3) is 0.857. The van der Waals surface area contributed by atoms with Gasteiger partial charge in [0, 0.05) is 0 Å². The van der Waals surface area contributed by atoms with Crippen LogP contribution in [0.25, 0.3) is 0 Å². The Hall–Kier alpha value is -0.610. The van der Waals surface area contributed by atoms with Gasteiger partial charge in [-0.3, -0.25) is 10.1 Å². The fourth-order valence-corrected chi connectivity index (χ4v) is 0.583. The third-order valence-electron chi connectivity index (χ3n) is 1.00. The maximum atomic E-state index is 10.8. The van der Waals surface area contributed by atoms with E-state index in [-0.39, 0.29) is 18.5 Å². The Morgan fingerprint density at radius 3 is 2.36 bits per heavy atom. The largest absolute Gasteiger partial charge is 0.463 e. The van der Waals surface area contributed by atoms with Gasteiger partial charge in [-0.25, -0.2) is 4.89 Å². The van der Waals surface area contributed by atoms with Crippen molar-refractivity contribution in [2.75, 3.05) is 0 Å². The molecule has 0 amide bonds. The van der Waals surface area contributed by atoms with Crippen LogP contribution in [0.3, 0.4) is 0 Å². The predicted molar refractivity (Wildman–Crippen MR) is 39.0 cm³/mol. The average molecular weight is 162 g/mol. The van der Waals surface area contributed by atoms with E-state index in [0.29, 0.717) is 0 Å². The van der Waals surface area contributed by atoms with Crippen LogP contribution in [-0.4, -0.2) is 23.4 Å². The highest BCUT2D eigenvalue weighted by molar-refractivity contribution is 5.70. The number of esters is 1. The summed E-state index contributed by atoms with van der Waals surface area (Å²) >= 11 is 0. The third-order valence-corrected chi connectivity index (χ3v) is 1.00. The van der Waals surface area contributed by atoms with Crippen molar-refractivity contribution >= 4 is 5.97 Å².